The van der Waals surface area contributed by atoms with Crippen molar-refractivity contribution in [3.63, 3.8) is 0 Å². The molecule has 186 valence electrons. The van der Waals surface area contributed by atoms with Crippen LogP contribution in [0.1, 0.15) is 88.5 Å². The minimum absolute atomic E-state index is 0.0539. The van der Waals surface area contributed by atoms with Crippen molar-refractivity contribution in [2.24, 2.45) is 0 Å². The molecular formula is C23H49N2O6+. The molecule has 1 amide bonds. The van der Waals surface area contributed by atoms with E-state index < -0.39 is 23.3 Å². The number of nitrogens with one attached hydrogen (secondary N) is 1. The Morgan fingerprint density at radius 3 is 1.71 bits per heavy atom. The van der Waals surface area contributed by atoms with Gasteiger partial charge in [0, 0.05) is 19.4 Å². The van der Waals surface area contributed by atoms with Crippen LogP contribution >= 0.6 is 0 Å². The first-order chi connectivity index (χ1) is 14.1. The summed E-state index contributed by atoms with van der Waals surface area (Å²) in [5.41, 5.74) is -1.12. The maximum atomic E-state index is 12.2. The summed E-state index contributed by atoms with van der Waals surface area (Å²) in [6.45, 7) is 20.5. The first-order valence-electron chi connectivity index (χ1n) is 11.4. The zero-order chi connectivity index (χ0) is 25.3. The van der Waals surface area contributed by atoms with Crippen LogP contribution in [-0.4, -0.2) is 72.1 Å². The van der Waals surface area contributed by atoms with Crippen molar-refractivity contribution < 1.29 is 33.4 Å². The average molecular weight is 450 g/mol. The summed E-state index contributed by atoms with van der Waals surface area (Å²) in [6.07, 6.45) is 0.674. The second kappa shape index (κ2) is 16.8. The Hall–Kier alpha value is -1.83. The maximum absolute atomic E-state index is 12.2. The molecule has 0 radical (unpaired) electrons. The van der Waals surface area contributed by atoms with Gasteiger partial charge >= 0.3 is 18.0 Å². The van der Waals surface area contributed by atoms with Crippen LogP contribution in [0, 0.1) is 0 Å². The molecule has 0 spiro atoms. The molecule has 0 aliphatic carbocycles. The van der Waals surface area contributed by atoms with Gasteiger partial charge in [0.05, 0.1) is 26.6 Å². The fraction of sp³-hybridized carbons (Fsp3) is 0.870. The van der Waals surface area contributed by atoms with Gasteiger partial charge < -0.3 is 24.4 Å². The van der Waals surface area contributed by atoms with Crippen molar-refractivity contribution in [1.82, 2.24) is 5.32 Å². The minimum atomic E-state index is -0.856. The Bertz CT molecular complexity index is 509. The molecule has 0 bridgehead atoms. The van der Waals surface area contributed by atoms with Crippen LogP contribution in [0.5, 0.6) is 0 Å². The molecule has 31 heavy (non-hydrogen) atoms. The number of aliphatic carboxylic acids is 1. The normalized spacial score (nSPS) is 12.7. The number of alkyl carbamates (subject to hydrolysis) is 1. The Kier molecular flexibility index (Phi) is 18.3. The lowest BCUT2D eigenvalue weighted by atomic mass is 10.2. The quantitative estimate of drug-likeness (QED) is 0.287. The van der Waals surface area contributed by atoms with Crippen LogP contribution in [0.2, 0.25) is 0 Å². The van der Waals surface area contributed by atoms with Crippen LogP contribution in [0.15, 0.2) is 0 Å². The lowest BCUT2D eigenvalue weighted by Crippen LogP contribution is -2.51. The highest BCUT2D eigenvalue weighted by Crippen LogP contribution is 2.13. The standard InChI is InChI=1S/C19H36N2O6.2C2H6/c1-18(2,3)26-16(24)14-21(7,12-8-10-15(22)23)13-9-11-20-17(25)27-19(4,5)6;2*1-2/h8-14H2,1-7H3,(H-,20,22,23,25);2*1-2H3/p+1. The van der Waals surface area contributed by atoms with E-state index in [-0.39, 0.29) is 18.9 Å². The SMILES string of the molecule is CC.CC.CC(C)(C)OC(=O)C[N+](C)(CCCNC(=O)OC(C)(C)C)CCCC(=O)O. The van der Waals surface area contributed by atoms with E-state index in [1.54, 1.807) is 20.8 Å². The number of likely N-dealkylation sites (N-methyl/N-ethyl adjacent to an activating group) is 1. The second-order valence-electron chi connectivity index (χ2n) is 9.09. The van der Waals surface area contributed by atoms with Gasteiger partial charge in [0.25, 0.3) is 0 Å². The summed E-state index contributed by atoms with van der Waals surface area (Å²) in [5, 5.41) is 11.5. The van der Waals surface area contributed by atoms with Crippen LogP contribution < -0.4 is 5.32 Å². The average Bonchev–Trinajstić information content (AvgIpc) is 2.58. The highest BCUT2D eigenvalue weighted by Gasteiger charge is 2.28. The Morgan fingerprint density at radius 1 is 0.839 bits per heavy atom. The Morgan fingerprint density at radius 2 is 1.29 bits per heavy atom. The third-order valence-electron chi connectivity index (χ3n) is 3.56. The van der Waals surface area contributed by atoms with Gasteiger partial charge in [-0.1, -0.05) is 27.7 Å². The molecule has 0 fully saturated rings. The van der Waals surface area contributed by atoms with E-state index in [1.165, 1.54) is 0 Å². The van der Waals surface area contributed by atoms with Crippen LogP contribution in [0.4, 0.5) is 4.79 Å². The molecule has 1 unspecified atom stereocenters. The molecule has 0 aromatic carbocycles. The van der Waals surface area contributed by atoms with Gasteiger partial charge in [-0.25, -0.2) is 9.59 Å². The molecule has 0 saturated carbocycles. The molecule has 0 heterocycles. The third kappa shape index (κ3) is 24.3. The summed E-state index contributed by atoms with van der Waals surface area (Å²) < 4.78 is 10.9. The number of carboxylic acid groups (broad SMARTS) is 1. The number of hydrogen-bond donors (Lipinski definition) is 2. The first kappa shape index (κ1) is 33.8. The molecule has 8 nitrogen and oxygen atoms in total. The topological polar surface area (TPSA) is 102 Å². The van der Waals surface area contributed by atoms with Gasteiger partial charge in [0.15, 0.2) is 6.54 Å². The summed E-state index contributed by atoms with van der Waals surface area (Å²) in [6, 6.07) is 0. The molecule has 0 aromatic rings. The number of quaternary nitrogens is 1. The molecule has 2 N–H and O–H groups in total. The lowest BCUT2D eigenvalue weighted by molar-refractivity contribution is -0.902. The molecule has 0 rings (SSSR count). The zero-order valence-electron chi connectivity index (χ0n) is 21.9. The second-order valence-corrected chi connectivity index (χ2v) is 9.09. The van der Waals surface area contributed by atoms with Gasteiger partial charge in [-0.3, -0.25) is 4.79 Å². The molecule has 8 heteroatoms. The van der Waals surface area contributed by atoms with E-state index in [1.807, 2.05) is 55.5 Å². The zero-order valence-corrected chi connectivity index (χ0v) is 21.9. The van der Waals surface area contributed by atoms with Gasteiger partial charge in [0.1, 0.15) is 11.2 Å². The van der Waals surface area contributed by atoms with Crippen LogP contribution in [0.3, 0.4) is 0 Å². The number of carbonyl (C=O) groups excluding carboxylic acids is 2. The molecule has 1 atom stereocenters. The van der Waals surface area contributed by atoms with E-state index in [9.17, 15) is 14.4 Å². The molecular weight excluding hydrogens is 400 g/mol. The van der Waals surface area contributed by atoms with E-state index in [0.29, 0.717) is 37.0 Å². The summed E-state index contributed by atoms with van der Waals surface area (Å²) in [7, 11) is 1.90. The number of amides is 1. The molecule has 0 aliphatic rings. The van der Waals surface area contributed by atoms with E-state index in [0.717, 1.165) is 0 Å². The van der Waals surface area contributed by atoms with Gasteiger partial charge in [0.2, 0.25) is 0 Å². The van der Waals surface area contributed by atoms with Crippen molar-refractivity contribution in [1.29, 1.82) is 0 Å². The number of hydrogen-bond acceptors (Lipinski definition) is 5. The molecule has 0 aliphatic heterocycles. The maximum Gasteiger partial charge on any atom is 0.407 e. The van der Waals surface area contributed by atoms with Gasteiger partial charge in [-0.05, 0) is 41.5 Å². The molecule has 0 aromatic heterocycles. The number of carbonyl (C=O) groups is 3. The fourth-order valence-corrected chi connectivity index (χ4v) is 2.53. The number of ether oxygens (including phenoxy) is 2. The Balaban J connectivity index is -0.00000184. The largest absolute Gasteiger partial charge is 0.481 e. The minimum Gasteiger partial charge on any atom is -0.481 e. The van der Waals surface area contributed by atoms with Crippen molar-refractivity contribution in [2.75, 3.05) is 33.2 Å². The van der Waals surface area contributed by atoms with Crippen molar-refractivity contribution in [3.8, 4) is 0 Å². The highest BCUT2D eigenvalue weighted by atomic mass is 16.6. The van der Waals surface area contributed by atoms with Gasteiger partial charge in [-0.15, -0.1) is 0 Å². The number of rotatable bonds is 10. The third-order valence-corrected chi connectivity index (χ3v) is 3.56. The Labute approximate surface area is 190 Å². The van der Waals surface area contributed by atoms with Crippen LogP contribution in [-0.2, 0) is 19.1 Å². The summed E-state index contributed by atoms with van der Waals surface area (Å²) >= 11 is 0. The highest BCUT2D eigenvalue weighted by molar-refractivity contribution is 5.71. The fourth-order valence-electron chi connectivity index (χ4n) is 2.53. The number of nitrogens with zero attached hydrogens (tertiary/aromatic N) is 1. The smallest absolute Gasteiger partial charge is 0.407 e. The van der Waals surface area contributed by atoms with E-state index in [4.69, 9.17) is 14.6 Å². The summed E-state index contributed by atoms with van der Waals surface area (Å²) in [4.78, 5) is 34.7. The van der Waals surface area contributed by atoms with Gasteiger partial charge in [-0.2, -0.15) is 0 Å². The van der Waals surface area contributed by atoms with Crippen LogP contribution in [0.25, 0.3) is 0 Å². The first-order valence-corrected chi connectivity index (χ1v) is 11.4. The van der Waals surface area contributed by atoms with Crippen molar-refractivity contribution >= 4 is 18.0 Å². The van der Waals surface area contributed by atoms with E-state index >= 15 is 0 Å². The van der Waals surface area contributed by atoms with Crippen molar-refractivity contribution in [2.45, 2.75) is 99.7 Å². The van der Waals surface area contributed by atoms with Crippen molar-refractivity contribution in [3.05, 3.63) is 0 Å². The number of esters is 1. The summed E-state index contributed by atoms with van der Waals surface area (Å²) in [5.74, 6) is -1.18. The number of carboxylic acids is 1. The molecule has 0 saturated heterocycles. The monoisotopic (exact) mass is 449 g/mol. The predicted molar refractivity (Wildman–Crippen MR) is 125 cm³/mol. The van der Waals surface area contributed by atoms with E-state index in [2.05, 4.69) is 5.32 Å². The predicted octanol–water partition coefficient (Wildman–Crippen LogP) is 4.61. The lowest BCUT2D eigenvalue weighted by Gasteiger charge is -2.34.